The smallest absolute Gasteiger partial charge is 0.285 e. The third-order valence-corrected chi connectivity index (χ3v) is 3.67. The van der Waals surface area contributed by atoms with Crippen LogP contribution in [0.25, 0.3) is 0 Å². The lowest BCUT2D eigenvalue weighted by Crippen LogP contribution is -2.35. The molecular formula is C17H18N4O3. The van der Waals surface area contributed by atoms with Gasteiger partial charge in [-0.3, -0.25) is 9.59 Å². The van der Waals surface area contributed by atoms with Crippen molar-refractivity contribution >= 4 is 5.91 Å². The van der Waals surface area contributed by atoms with Crippen LogP contribution in [0.1, 0.15) is 22.4 Å². The molecule has 7 heteroatoms. The predicted octanol–water partition coefficient (Wildman–Crippen LogP) is 1.06. The monoisotopic (exact) mass is 326 g/mol. The van der Waals surface area contributed by atoms with Gasteiger partial charge in [0, 0.05) is 6.54 Å². The molecule has 124 valence electrons. The molecule has 2 aromatic rings. The van der Waals surface area contributed by atoms with E-state index < -0.39 is 5.56 Å². The van der Waals surface area contributed by atoms with E-state index in [4.69, 9.17) is 10.00 Å². The van der Waals surface area contributed by atoms with Crippen LogP contribution < -0.4 is 15.6 Å². The van der Waals surface area contributed by atoms with Gasteiger partial charge in [0.25, 0.3) is 5.56 Å². The Morgan fingerprint density at radius 3 is 2.83 bits per heavy atom. The zero-order valence-corrected chi connectivity index (χ0v) is 13.8. The summed E-state index contributed by atoms with van der Waals surface area (Å²) in [4.78, 5) is 24.2. The van der Waals surface area contributed by atoms with E-state index in [-0.39, 0.29) is 18.0 Å². The fraction of sp³-hybridized carbons (Fsp3) is 0.294. The Labute approximate surface area is 139 Å². The molecule has 0 bridgehead atoms. The number of aromatic nitrogens is 2. The summed E-state index contributed by atoms with van der Waals surface area (Å²) in [6.45, 7) is 3.43. The largest absolute Gasteiger partial charge is 0.497 e. The zero-order valence-electron chi connectivity index (χ0n) is 13.8. The van der Waals surface area contributed by atoms with Crippen LogP contribution in [0.3, 0.4) is 0 Å². The van der Waals surface area contributed by atoms with Gasteiger partial charge in [0.15, 0.2) is 0 Å². The van der Waals surface area contributed by atoms with E-state index >= 15 is 0 Å². The lowest BCUT2D eigenvalue weighted by atomic mass is 10.1. The van der Waals surface area contributed by atoms with Gasteiger partial charge in [0.2, 0.25) is 5.91 Å². The number of benzene rings is 1. The first-order valence-electron chi connectivity index (χ1n) is 7.34. The van der Waals surface area contributed by atoms with E-state index in [1.165, 1.54) is 0 Å². The van der Waals surface area contributed by atoms with Crippen LogP contribution >= 0.6 is 0 Å². The second-order valence-electron chi connectivity index (χ2n) is 5.29. The number of nitriles is 1. The first-order chi connectivity index (χ1) is 11.5. The fourth-order valence-corrected chi connectivity index (χ4v) is 2.19. The quantitative estimate of drug-likeness (QED) is 0.886. The Bertz CT molecular complexity index is 865. The van der Waals surface area contributed by atoms with Crippen molar-refractivity contribution in [2.45, 2.75) is 26.9 Å². The van der Waals surface area contributed by atoms with Crippen LogP contribution in [0.4, 0.5) is 0 Å². The van der Waals surface area contributed by atoms with E-state index in [1.54, 1.807) is 21.0 Å². The van der Waals surface area contributed by atoms with Crippen molar-refractivity contribution < 1.29 is 9.53 Å². The second-order valence-corrected chi connectivity index (χ2v) is 5.29. The molecular weight excluding hydrogens is 308 g/mol. The van der Waals surface area contributed by atoms with Crippen LogP contribution in [0.5, 0.6) is 5.75 Å². The third-order valence-electron chi connectivity index (χ3n) is 3.67. The predicted molar refractivity (Wildman–Crippen MR) is 87.5 cm³/mol. The molecule has 0 saturated carbocycles. The van der Waals surface area contributed by atoms with Crippen LogP contribution in [-0.2, 0) is 17.9 Å². The minimum Gasteiger partial charge on any atom is -0.497 e. The minimum absolute atomic E-state index is 0.0168. The molecule has 0 saturated heterocycles. The zero-order chi connectivity index (χ0) is 17.7. The molecule has 1 heterocycles. The second kappa shape index (κ2) is 7.42. The maximum Gasteiger partial charge on any atom is 0.285 e. The molecule has 24 heavy (non-hydrogen) atoms. The van der Waals surface area contributed by atoms with Crippen LogP contribution in [0, 0.1) is 25.2 Å². The highest BCUT2D eigenvalue weighted by Crippen LogP contribution is 2.12. The summed E-state index contributed by atoms with van der Waals surface area (Å²) in [6, 6.07) is 9.18. The number of methoxy groups -OCH3 is 1. The number of nitrogens with one attached hydrogen (secondary N) is 1. The highest BCUT2D eigenvalue weighted by Gasteiger charge is 2.13. The van der Waals surface area contributed by atoms with Gasteiger partial charge in [-0.25, -0.2) is 4.68 Å². The first kappa shape index (κ1) is 17.2. The molecule has 0 fully saturated rings. The lowest BCUT2D eigenvalue weighted by Gasteiger charge is -2.10. The number of nitrogens with zero attached hydrogens (tertiary/aromatic N) is 3. The summed E-state index contributed by atoms with van der Waals surface area (Å²) in [6.07, 6.45) is 0. The maximum atomic E-state index is 12.1. The minimum atomic E-state index is -0.558. The molecule has 1 aromatic carbocycles. The van der Waals surface area contributed by atoms with Gasteiger partial charge in [0.05, 0.1) is 12.8 Å². The van der Waals surface area contributed by atoms with E-state index in [9.17, 15) is 9.59 Å². The summed E-state index contributed by atoms with van der Waals surface area (Å²) in [5.41, 5.74) is 1.42. The summed E-state index contributed by atoms with van der Waals surface area (Å²) in [5, 5.41) is 15.9. The number of carbonyl (C=O) groups is 1. The van der Waals surface area contributed by atoms with Crippen molar-refractivity contribution in [2.24, 2.45) is 0 Å². The van der Waals surface area contributed by atoms with Crippen molar-refractivity contribution in [3.8, 4) is 11.8 Å². The van der Waals surface area contributed by atoms with Gasteiger partial charge < -0.3 is 10.1 Å². The van der Waals surface area contributed by atoms with E-state index in [2.05, 4.69) is 10.4 Å². The molecule has 0 aliphatic rings. The molecule has 0 spiro atoms. The lowest BCUT2D eigenvalue weighted by molar-refractivity contribution is -0.122. The topological polar surface area (TPSA) is 97.0 Å². The summed E-state index contributed by atoms with van der Waals surface area (Å²) in [7, 11) is 1.57. The van der Waals surface area contributed by atoms with Gasteiger partial charge in [-0.05, 0) is 37.1 Å². The Morgan fingerprint density at radius 1 is 1.42 bits per heavy atom. The number of hydrogen-bond acceptors (Lipinski definition) is 5. The molecule has 7 nitrogen and oxygen atoms in total. The van der Waals surface area contributed by atoms with Crippen LogP contribution in [0.2, 0.25) is 0 Å². The number of hydrogen-bond donors (Lipinski definition) is 1. The van der Waals surface area contributed by atoms with Gasteiger partial charge in [-0.2, -0.15) is 10.4 Å². The molecule has 2 rings (SSSR count). The van der Waals surface area contributed by atoms with Crippen LogP contribution in [0.15, 0.2) is 29.1 Å². The van der Waals surface area contributed by atoms with E-state index in [0.717, 1.165) is 10.2 Å². The number of ether oxygens (including phenoxy) is 1. The number of amides is 1. The molecule has 0 unspecified atom stereocenters. The molecule has 1 N–H and O–H groups in total. The van der Waals surface area contributed by atoms with Crippen molar-refractivity contribution in [2.75, 3.05) is 7.11 Å². The molecule has 0 atom stereocenters. The Hall–Kier alpha value is -3.14. The first-order valence-corrected chi connectivity index (χ1v) is 7.34. The van der Waals surface area contributed by atoms with Gasteiger partial charge in [0.1, 0.15) is 23.9 Å². The Balaban J connectivity index is 2.09. The highest BCUT2D eigenvalue weighted by molar-refractivity contribution is 5.75. The summed E-state index contributed by atoms with van der Waals surface area (Å²) < 4.78 is 6.14. The van der Waals surface area contributed by atoms with E-state index in [0.29, 0.717) is 23.6 Å². The molecule has 0 radical (unpaired) electrons. The molecule has 1 aromatic heterocycles. The Kier molecular flexibility index (Phi) is 5.32. The number of rotatable bonds is 5. The summed E-state index contributed by atoms with van der Waals surface area (Å²) >= 11 is 0. The van der Waals surface area contributed by atoms with E-state index in [1.807, 2.05) is 30.3 Å². The van der Waals surface area contributed by atoms with Gasteiger partial charge in [-0.15, -0.1) is 0 Å². The molecule has 0 aliphatic carbocycles. The fourth-order valence-electron chi connectivity index (χ4n) is 2.19. The average molecular weight is 326 g/mol. The SMILES string of the molecule is COc1cccc(CNC(=O)Cn2nc(C)c(C)c(C#N)c2=O)c1. The third kappa shape index (κ3) is 3.79. The molecule has 1 amide bonds. The maximum absolute atomic E-state index is 12.1. The van der Waals surface area contributed by atoms with Crippen molar-refractivity contribution in [1.29, 1.82) is 5.26 Å². The van der Waals surface area contributed by atoms with Gasteiger partial charge >= 0.3 is 0 Å². The number of aryl methyl sites for hydroxylation is 1. The highest BCUT2D eigenvalue weighted by atomic mass is 16.5. The van der Waals surface area contributed by atoms with Crippen LogP contribution in [-0.4, -0.2) is 22.8 Å². The molecule has 0 aliphatic heterocycles. The average Bonchev–Trinajstić information content (AvgIpc) is 2.58. The Morgan fingerprint density at radius 2 is 2.17 bits per heavy atom. The van der Waals surface area contributed by atoms with Crippen molar-refractivity contribution in [3.05, 3.63) is 57.0 Å². The van der Waals surface area contributed by atoms with Crippen molar-refractivity contribution in [1.82, 2.24) is 15.1 Å². The normalized spacial score (nSPS) is 10.1. The summed E-state index contributed by atoms with van der Waals surface area (Å²) in [5.74, 6) is 0.340. The van der Waals surface area contributed by atoms with Gasteiger partial charge in [-0.1, -0.05) is 12.1 Å². The standard InChI is InChI=1S/C17H18N4O3/c1-11-12(2)20-21(17(23)15(11)8-18)10-16(22)19-9-13-5-4-6-14(7-13)24-3/h4-7H,9-10H2,1-3H3,(H,19,22). The number of carbonyl (C=O) groups excluding carboxylic acids is 1. The van der Waals surface area contributed by atoms with Crippen molar-refractivity contribution in [3.63, 3.8) is 0 Å².